The lowest BCUT2D eigenvalue weighted by Gasteiger charge is -2.60. The standard InChI is InChI=1S/C18H30O2/c1-2-3-4-5-6-18(12-20-18)16-15-8-13-7-14(9-15)11-17(16,19)10-13/h13-16,19H,2-12H2,1H3. The van der Waals surface area contributed by atoms with Crippen LogP contribution in [0.25, 0.3) is 0 Å². The first-order valence-electron chi connectivity index (χ1n) is 9.01. The van der Waals surface area contributed by atoms with Crippen molar-refractivity contribution in [2.45, 2.75) is 82.3 Å². The lowest BCUT2D eigenvalue weighted by atomic mass is 9.47. The largest absolute Gasteiger partial charge is 0.389 e. The minimum absolute atomic E-state index is 0.0838. The lowest BCUT2D eigenvalue weighted by Crippen LogP contribution is -2.61. The molecule has 114 valence electrons. The Morgan fingerprint density at radius 2 is 1.75 bits per heavy atom. The van der Waals surface area contributed by atoms with Gasteiger partial charge in [-0.25, -0.2) is 0 Å². The van der Waals surface area contributed by atoms with E-state index in [-0.39, 0.29) is 11.2 Å². The Morgan fingerprint density at radius 1 is 1.05 bits per heavy atom. The Hall–Kier alpha value is -0.0800. The van der Waals surface area contributed by atoms with Gasteiger partial charge in [0.25, 0.3) is 0 Å². The van der Waals surface area contributed by atoms with E-state index in [1.807, 2.05) is 0 Å². The number of epoxide rings is 1. The number of aliphatic hydroxyl groups is 1. The van der Waals surface area contributed by atoms with E-state index >= 15 is 0 Å². The summed E-state index contributed by atoms with van der Waals surface area (Å²) in [5, 5.41) is 11.3. The first kappa shape index (κ1) is 13.6. The molecule has 1 N–H and O–H groups in total. The number of unbranched alkanes of at least 4 members (excludes halogenated alkanes) is 3. The molecule has 0 aromatic carbocycles. The van der Waals surface area contributed by atoms with Crippen LogP contribution in [-0.2, 0) is 4.74 Å². The molecule has 4 aliphatic carbocycles. The maximum atomic E-state index is 11.3. The van der Waals surface area contributed by atoms with Gasteiger partial charge in [0.05, 0.1) is 17.8 Å². The summed E-state index contributed by atoms with van der Waals surface area (Å²) in [4.78, 5) is 0. The van der Waals surface area contributed by atoms with Crippen molar-refractivity contribution >= 4 is 0 Å². The Bertz CT molecular complexity index is 360. The summed E-state index contributed by atoms with van der Waals surface area (Å²) in [5.41, 5.74) is -0.281. The summed E-state index contributed by atoms with van der Waals surface area (Å²) in [6.45, 7) is 3.20. The monoisotopic (exact) mass is 278 g/mol. The second-order valence-electron chi connectivity index (χ2n) is 8.35. The van der Waals surface area contributed by atoms with Gasteiger partial charge in [0.1, 0.15) is 0 Å². The van der Waals surface area contributed by atoms with Crippen molar-refractivity contribution in [1.82, 2.24) is 0 Å². The van der Waals surface area contributed by atoms with Crippen LogP contribution in [0.3, 0.4) is 0 Å². The molecule has 0 spiro atoms. The topological polar surface area (TPSA) is 32.8 Å². The van der Waals surface area contributed by atoms with Crippen LogP contribution in [-0.4, -0.2) is 22.9 Å². The quantitative estimate of drug-likeness (QED) is 0.590. The first-order chi connectivity index (χ1) is 9.65. The molecule has 0 aromatic heterocycles. The van der Waals surface area contributed by atoms with E-state index in [9.17, 15) is 5.11 Å². The van der Waals surface area contributed by atoms with Crippen LogP contribution in [0.1, 0.15) is 71.1 Å². The molecular formula is C18H30O2. The van der Waals surface area contributed by atoms with Crippen molar-refractivity contribution in [3.8, 4) is 0 Å². The highest BCUT2D eigenvalue weighted by Crippen LogP contribution is 2.64. The molecular weight excluding hydrogens is 248 g/mol. The molecule has 2 nitrogen and oxygen atoms in total. The van der Waals surface area contributed by atoms with Crippen LogP contribution in [0.4, 0.5) is 0 Å². The zero-order chi connectivity index (χ0) is 13.8. The third-order valence-corrected chi connectivity index (χ3v) is 6.81. The number of hydrogen-bond donors (Lipinski definition) is 1. The molecule has 5 rings (SSSR count). The number of ether oxygens (including phenoxy) is 1. The Balaban J connectivity index is 1.47. The van der Waals surface area contributed by atoms with E-state index in [1.54, 1.807) is 0 Å². The minimum atomic E-state index is -0.365. The van der Waals surface area contributed by atoms with Gasteiger partial charge in [-0.1, -0.05) is 32.6 Å². The molecule has 0 amide bonds. The maximum Gasteiger partial charge on any atom is 0.0974 e. The summed E-state index contributed by atoms with van der Waals surface area (Å²) in [6, 6.07) is 0. The third kappa shape index (κ3) is 2.06. The van der Waals surface area contributed by atoms with Crippen molar-refractivity contribution in [2.75, 3.05) is 6.61 Å². The summed E-state index contributed by atoms with van der Waals surface area (Å²) >= 11 is 0. The highest BCUT2D eigenvalue weighted by Gasteiger charge is 2.66. The van der Waals surface area contributed by atoms with Crippen LogP contribution >= 0.6 is 0 Å². The average Bonchev–Trinajstić information content (AvgIpc) is 3.13. The van der Waals surface area contributed by atoms with E-state index < -0.39 is 0 Å². The highest BCUT2D eigenvalue weighted by molar-refractivity contribution is 5.16. The predicted molar refractivity (Wildman–Crippen MR) is 79.4 cm³/mol. The van der Waals surface area contributed by atoms with Crippen LogP contribution in [0.5, 0.6) is 0 Å². The molecule has 1 aliphatic heterocycles. The summed E-state index contributed by atoms with van der Waals surface area (Å²) in [7, 11) is 0. The van der Waals surface area contributed by atoms with Gasteiger partial charge in [-0.3, -0.25) is 0 Å². The van der Waals surface area contributed by atoms with Crippen molar-refractivity contribution in [2.24, 2.45) is 23.7 Å². The van der Waals surface area contributed by atoms with Crippen molar-refractivity contribution in [3.05, 3.63) is 0 Å². The van der Waals surface area contributed by atoms with Crippen LogP contribution < -0.4 is 0 Å². The zero-order valence-electron chi connectivity index (χ0n) is 12.9. The van der Waals surface area contributed by atoms with E-state index in [2.05, 4.69) is 6.92 Å². The van der Waals surface area contributed by atoms with Gasteiger partial charge in [-0.05, 0) is 56.3 Å². The third-order valence-electron chi connectivity index (χ3n) is 6.81. The van der Waals surface area contributed by atoms with E-state index in [0.29, 0.717) is 5.92 Å². The molecule has 5 aliphatic rings. The van der Waals surface area contributed by atoms with Gasteiger partial charge in [0.2, 0.25) is 0 Å². The molecule has 1 heterocycles. The maximum absolute atomic E-state index is 11.3. The average molecular weight is 278 g/mol. The lowest BCUT2D eigenvalue weighted by molar-refractivity contribution is -0.192. The first-order valence-corrected chi connectivity index (χ1v) is 9.01. The van der Waals surface area contributed by atoms with Crippen LogP contribution in [0.15, 0.2) is 0 Å². The fourth-order valence-corrected chi connectivity index (χ4v) is 6.34. The van der Waals surface area contributed by atoms with Gasteiger partial charge in [0.15, 0.2) is 0 Å². The number of rotatable bonds is 6. The fraction of sp³-hybridized carbons (Fsp3) is 1.00. The Labute approximate surface area is 123 Å². The summed E-state index contributed by atoms with van der Waals surface area (Å²) in [6.07, 6.45) is 12.8. The van der Waals surface area contributed by atoms with Gasteiger partial charge in [0, 0.05) is 5.92 Å². The minimum Gasteiger partial charge on any atom is -0.389 e. The molecule has 2 heteroatoms. The van der Waals surface area contributed by atoms with Gasteiger partial charge in [-0.15, -0.1) is 0 Å². The van der Waals surface area contributed by atoms with E-state index in [4.69, 9.17) is 4.74 Å². The molecule has 0 radical (unpaired) electrons. The molecule has 0 aromatic rings. The van der Waals surface area contributed by atoms with Crippen molar-refractivity contribution in [1.29, 1.82) is 0 Å². The fourth-order valence-electron chi connectivity index (χ4n) is 6.34. The summed E-state index contributed by atoms with van der Waals surface area (Å²) in [5.74, 6) is 2.87. The molecule has 4 saturated carbocycles. The van der Waals surface area contributed by atoms with Crippen LogP contribution in [0.2, 0.25) is 0 Å². The molecule has 4 atom stereocenters. The normalized spacial score (nSPS) is 52.5. The van der Waals surface area contributed by atoms with Gasteiger partial charge >= 0.3 is 0 Å². The van der Waals surface area contributed by atoms with E-state index in [0.717, 1.165) is 37.2 Å². The van der Waals surface area contributed by atoms with Crippen LogP contribution in [0, 0.1) is 23.7 Å². The van der Waals surface area contributed by atoms with E-state index in [1.165, 1.54) is 51.4 Å². The molecule has 4 unspecified atom stereocenters. The molecule has 4 bridgehead atoms. The Morgan fingerprint density at radius 3 is 2.30 bits per heavy atom. The second kappa shape index (κ2) is 4.71. The van der Waals surface area contributed by atoms with Gasteiger partial charge in [-0.2, -0.15) is 0 Å². The predicted octanol–water partition coefficient (Wildman–Crippen LogP) is 3.91. The molecule has 5 fully saturated rings. The molecule has 20 heavy (non-hydrogen) atoms. The second-order valence-corrected chi connectivity index (χ2v) is 8.35. The highest BCUT2D eigenvalue weighted by atomic mass is 16.6. The van der Waals surface area contributed by atoms with Crippen molar-refractivity contribution < 1.29 is 9.84 Å². The van der Waals surface area contributed by atoms with Crippen molar-refractivity contribution in [3.63, 3.8) is 0 Å². The smallest absolute Gasteiger partial charge is 0.0974 e. The van der Waals surface area contributed by atoms with Gasteiger partial charge < -0.3 is 9.84 Å². The Kier molecular flexibility index (Phi) is 3.20. The molecule has 1 saturated heterocycles. The number of hydrogen-bond acceptors (Lipinski definition) is 2. The zero-order valence-corrected chi connectivity index (χ0v) is 12.9. The SMILES string of the molecule is CCCCCCC1(C2C3CC4CC(C3)CC2(O)C4)CO1. The summed E-state index contributed by atoms with van der Waals surface area (Å²) < 4.78 is 6.01.